The normalized spacial score (nSPS) is 13.3. The number of aromatic nitrogens is 1. The Morgan fingerprint density at radius 2 is 2.15 bits per heavy atom. The first kappa shape index (κ1) is 10.3. The summed E-state index contributed by atoms with van der Waals surface area (Å²) in [6, 6.07) is 2.99. The molecular weight excluding hydrogens is 198 g/mol. The molecular formula is C8H9ClF2N2. The Morgan fingerprint density at radius 1 is 1.46 bits per heavy atom. The molecule has 13 heavy (non-hydrogen) atoms. The Hall–Kier alpha value is -0.740. The van der Waals surface area contributed by atoms with Crippen molar-refractivity contribution in [3.63, 3.8) is 0 Å². The van der Waals surface area contributed by atoms with E-state index in [-0.39, 0.29) is 11.7 Å². The second-order valence-corrected chi connectivity index (χ2v) is 2.98. The SMILES string of the molecule is NCC(c1ccc(Cl)nc1)C(F)F. The molecule has 0 aliphatic heterocycles. The standard InChI is InChI=1S/C8H9ClF2N2/c9-7-2-1-5(4-13-7)6(3-12)8(10)11/h1-2,4,6,8H,3,12H2. The van der Waals surface area contributed by atoms with E-state index in [4.69, 9.17) is 17.3 Å². The molecule has 0 saturated heterocycles. The molecule has 5 heteroatoms. The van der Waals surface area contributed by atoms with Gasteiger partial charge in [-0.15, -0.1) is 0 Å². The van der Waals surface area contributed by atoms with E-state index in [1.54, 1.807) is 0 Å². The molecule has 0 amide bonds. The van der Waals surface area contributed by atoms with Gasteiger partial charge in [0.25, 0.3) is 0 Å². The molecule has 1 rings (SSSR count). The highest BCUT2D eigenvalue weighted by molar-refractivity contribution is 6.29. The number of hydrogen-bond donors (Lipinski definition) is 1. The van der Waals surface area contributed by atoms with Gasteiger partial charge in [0.1, 0.15) is 5.15 Å². The third kappa shape index (κ3) is 2.60. The second kappa shape index (κ2) is 4.48. The first-order valence-corrected chi connectivity index (χ1v) is 4.12. The van der Waals surface area contributed by atoms with E-state index in [2.05, 4.69) is 4.98 Å². The molecule has 0 spiro atoms. The van der Waals surface area contributed by atoms with Crippen LogP contribution in [0, 0.1) is 0 Å². The van der Waals surface area contributed by atoms with Crippen molar-refractivity contribution in [2.45, 2.75) is 12.3 Å². The maximum Gasteiger partial charge on any atom is 0.246 e. The van der Waals surface area contributed by atoms with Crippen LogP contribution in [0.1, 0.15) is 11.5 Å². The topological polar surface area (TPSA) is 38.9 Å². The Kier molecular flexibility index (Phi) is 3.57. The molecule has 1 aromatic heterocycles. The van der Waals surface area contributed by atoms with E-state index < -0.39 is 12.3 Å². The Bertz CT molecular complexity index is 263. The summed E-state index contributed by atoms with van der Waals surface area (Å²) in [7, 11) is 0. The van der Waals surface area contributed by atoms with Gasteiger partial charge in [-0.05, 0) is 11.6 Å². The third-order valence-corrected chi connectivity index (χ3v) is 1.96. The minimum atomic E-state index is -2.46. The van der Waals surface area contributed by atoms with Gasteiger partial charge in [-0.25, -0.2) is 13.8 Å². The van der Waals surface area contributed by atoms with Gasteiger partial charge in [-0.1, -0.05) is 17.7 Å². The van der Waals surface area contributed by atoms with Crippen molar-refractivity contribution in [2.24, 2.45) is 5.73 Å². The molecule has 0 fully saturated rings. The summed E-state index contributed by atoms with van der Waals surface area (Å²) < 4.78 is 24.7. The number of halogens is 3. The number of nitrogens with zero attached hydrogens (tertiary/aromatic N) is 1. The van der Waals surface area contributed by atoms with Crippen LogP contribution in [0.25, 0.3) is 0 Å². The first-order valence-electron chi connectivity index (χ1n) is 3.75. The van der Waals surface area contributed by atoms with Gasteiger partial charge >= 0.3 is 0 Å². The molecule has 72 valence electrons. The predicted molar refractivity (Wildman–Crippen MR) is 47.0 cm³/mol. The highest BCUT2D eigenvalue weighted by Crippen LogP contribution is 2.22. The highest BCUT2D eigenvalue weighted by Gasteiger charge is 2.20. The van der Waals surface area contributed by atoms with Gasteiger partial charge in [0.15, 0.2) is 0 Å². The first-order chi connectivity index (χ1) is 6.15. The molecule has 1 heterocycles. The average Bonchev–Trinajstić information content (AvgIpc) is 2.09. The van der Waals surface area contributed by atoms with E-state index in [0.29, 0.717) is 5.56 Å². The van der Waals surface area contributed by atoms with Crippen LogP contribution in [-0.4, -0.2) is 18.0 Å². The van der Waals surface area contributed by atoms with Gasteiger partial charge < -0.3 is 5.73 Å². The van der Waals surface area contributed by atoms with Crippen LogP contribution in [0.4, 0.5) is 8.78 Å². The quantitative estimate of drug-likeness (QED) is 0.769. The molecule has 0 aliphatic rings. The van der Waals surface area contributed by atoms with Crippen molar-refractivity contribution in [2.75, 3.05) is 6.54 Å². The lowest BCUT2D eigenvalue weighted by atomic mass is 10.0. The summed E-state index contributed by atoms with van der Waals surface area (Å²) in [5.41, 5.74) is 5.62. The van der Waals surface area contributed by atoms with Crippen molar-refractivity contribution in [1.82, 2.24) is 4.98 Å². The minimum absolute atomic E-state index is 0.0963. The zero-order valence-electron chi connectivity index (χ0n) is 6.75. The van der Waals surface area contributed by atoms with Gasteiger partial charge in [-0.2, -0.15) is 0 Å². The molecule has 1 aromatic rings. The van der Waals surface area contributed by atoms with Crippen molar-refractivity contribution in [3.8, 4) is 0 Å². The Balaban J connectivity index is 2.86. The second-order valence-electron chi connectivity index (χ2n) is 2.59. The lowest BCUT2D eigenvalue weighted by molar-refractivity contribution is 0.117. The van der Waals surface area contributed by atoms with Crippen molar-refractivity contribution in [1.29, 1.82) is 0 Å². The van der Waals surface area contributed by atoms with Gasteiger partial charge in [0, 0.05) is 12.7 Å². The zero-order valence-corrected chi connectivity index (χ0v) is 7.51. The minimum Gasteiger partial charge on any atom is -0.330 e. The number of rotatable bonds is 3. The smallest absolute Gasteiger partial charge is 0.246 e. The monoisotopic (exact) mass is 206 g/mol. The van der Waals surface area contributed by atoms with E-state index in [9.17, 15) is 8.78 Å². The van der Waals surface area contributed by atoms with Gasteiger partial charge in [0.2, 0.25) is 6.43 Å². The summed E-state index contributed by atoms with van der Waals surface area (Å²) in [5, 5.41) is 0.286. The summed E-state index contributed by atoms with van der Waals surface area (Å²) in [6.07, 6.45) is -1.14. The van der Waals surface area contributed by atoms with E-state index in [0.717, 1.165) is 0 Å². The maximum absolute atomic E-state index is 12.3. The van der Waals surface area contributed by atoms with E-state index in [1.807, 2.05) is 0 Å². The number of alkyl halides is 2. The lowest BCUT2D eigenvalue weighted by Crippen LogP contribution is -2.19. The largest absolute Gasteiger partial charge is 0.330 e. The Labute approximate surface area is 79.7 Å². The van der Waals surface area contributed by atoms with Crippen LogP contribution < -0.4 is 5.73 Å². The fourth-order valence-electron chi connectivity index (χ4n) is 0.991. The van der Waals surface area contributed by atoms with Gasteiger partial charge in [-0.3, -0.25) is 0 Å². The maximum atomic E-state index is 12.3. The molecule has 0 bridgehead atoms. The summed E-state index contributed by atoms with van der Waals surface area (Å²) in [5.74, 6) is -0.954. The van der Waals surface area contributed by atoms with Crippen LogP contribution >= 0.6 is 11.6 Å². The third-order valence-electron chi connectivity index (χ3n) is 1.74. The zero-order chi connectivity index (χ0) is 9.84. The van der Waals surface area contributed by atoms with Gasteiger partial charge in [0.05, 0.1) is 5.92 Å². The Morgan fingerprint density at radius 3 is 2.54 bits per heavy atom. The van der Waals surface area contributed by atoms with Crippen LogP contribution in [0.3, 0.4) is 0 Å². The molecule has 0 aromatic carbocycles. The summed E-state index contributed by atoms with van der Waals surface area (Å²) >= 11 is 5.51. The van der Waals surface area contributed by atoms with Crippen LogP contribution in [0.5, 0.6) is 0 Å². The average molecular weight is 207 g/mol. The van der Waals surface area contributed by atoms with Crippen molar-refractivity contribution in [3.05, 3.63) is 29.0 Å². The molecule has 0 aliphatic carbocycles. The molecule has 0 radical (unpaired) electrons. The number of pyridine rings is 1. The number of hydrogen-bond acceptors (Lipinski definition) is 2. The molecule has 0 saturated carbocycles. The van der Waals surface area contributed by atoms with E-state index >= 15 is 0 Å². The highest BCUT2D eigenvalue weighted by atomic mass is 35.5. The van der Waals surface area contributed by atoms with Crippen LogP contribution in [0.15, 0.2) is 18.3 Å². The van der Waals surface area contributed by atoms with Crippen LogP contribution in [0.2, 0.25) is 5.15 Å². The summed E-state index contributed by atoms with van der Waals surface area (Å²) in [6.45, 7) is -0.0963. The van der Waals surface area contributed by atoms with Crippen molar-refractivity contribution >= 4 is 11.6 Å². The fourth-order valence-corrected chi connectivity index (χ4v) is 1.10. The van der Waals surface area contributed by atoms with E-state index in [1.165, 1.54) is 18.3 Å². The summed E-state index contributed by atoms with van der Waals surface area (Å²) in [4.78, 5) is 3.71. The molecule has 1 unspecified atom stereocenters. The number of nitrogens with two attached hydrogens (primary N) is 1. The molecule has 1 atom stereocenters. The molecule has 2 N–H and O–H groups in total. The van der Waals surface area contributed by atoms with Crippen LogP contribution in [-0.2, 0) is 0 Å². The lowest BCUT2D eigenvalue weighted by Gasteiger charge is -2.12. The predicted octanol–water partition coefficient (Wildman–Crippen LogP) is 2.04. The van der Waals surface area contributed by atoms with Crippen molar-refractivity contribution < 1.29 is 8.78 Å². The fraction of sp³-hybridized carbons (Fsp3) is 0.375. The molecule has 2 nitrogen and oxygen atoms in total.